The monoisotopic (exact) mass is 413 g/mol. The van der Waals surface area contributed by atoms with Crippen LogP contribution in [0.3, 0.4) is 0 Å². The molecule has 1 aromatic carbocycles. The van der Waals surface area contributed by atoms with Crippen LogP contribution in [0.2, 0.25) is 0 Å². The number of nitrogens with zero attached hydrogens (tertiary/aromatic N) is 1. The van der Waals surface area contributed by atoms with E-state index in [0.717, 1.165) is 23.9 Å². The second-order valence-electron chi connectivity index (χ2n) is 5.61. The van der Waals surface area contributed by atoms with E-state index in [9.17, 15) is 23.2 Å². The number of hydrogen-bond donors (Lipinski definition) is 2. The van der Waals surface area contributed by atoms with Crippen molar-refractivity contribution in [2.45, 2.75) is 20.0 Å². The fraction of sp³-hybridized carbons (Fsp3) is 0.294. The van der Waals surface area contributed by atoms with E-state index in [4.69, 9.17) is 9.26 Å². The molecule has 0 radical (unpaired) electrons. The molecule has 0 bridgehead atoms. The molecule has 8 nitrogen and oxygen atoms in total. The normalized spacial score (nSPS) is 11.6. The third-order valence-electron chi connectivity index (χ3n) is 3.21. The van der Waals surface area contributed by atoms with Crippen LogP contribution in [-0.2, 0) is 19.1 Å². The number of ether oxygens (including phenoxy) is 1. The van der Waals surface area contributed by atoms with Crippen molar-refractivity contribution in [3.05, 3.63) is 41.7 Å². The molecule has 0 unspecified atom stereocenters. The first kappa shape index (κ1) is 21.4. The topological polar surface area (TPSA) is 111 Å². The first-order valence-corrected chi connectivity index (χ1v) is 9.16. The van der Waals surface area contributed by atoms with Crippen LogP contribution in [0.1, 0.15) is 12.7 Å². The second kappa shape index (κ2) is 9.83. The van der Waals surface area contributed by atoms with Crippen molar-refractivity contribution in [3.8, 4) is 0 Å². The van der Waals surface area contributed by atoms with Crippen LogP contribution in [0, 0.1) is 18.6 Å². The number of rotatable bonds is 8. The Bertz CT molecular complexity index is 874. The third kappa shape index (κ3) is 6.65. The van der Waals surface area contributed by atoms with Crippen LogP contribution in [0.25, 0.3) is 0 Å². The van der Waals surface area contributed by atoms with Crippen molar-refractivity contribution < 1.29 is 32.4 Å². The lowest BCUT2D eigenvalue weighted by atomic mass is 10.3. The highest BCUT2D eigenvalue weighted by atomic mass is 32.2. The number of carbonyl (C=O) groups is 3. The molecular weight excluding hydrogens is 396 g/mol. The summed E-state index contributed by atoms with van der Waals surface area (Å²) in [5, 5.41) is 8.41. The molecule has 0 aliphatic carbocycles. The number of aromatic nitrogens is 1. The van der Waals surface area contributed by atoms with Crippen molar-refractivity contribution in [1.29, 1.82) is 0 Å². The van der Waals surface area contributed by atoms with Crippen LogP contribution in [-0.4, -0.2) is 40.6 Å². The van der Waals surface area contributed by atoms with E-state index in [1.165, 1.54) is 13.0 Å². The number of benzene rings is 1. The van der Waals surface area contributed by atoms with E-state index in [1.54, 1.807) is 13.0 Å². The molecule has 0 spiro atoms. The summed E-state index contributed by atoms with van der Waals surface area (Å²) in [5.74, 6) is -3.32. The van der Waals surface area contributed by atoms with Gasteiger partial charge < -0.3 is 19.9 Å². The summed E-state index contributed by atoms with van der Waals surface area (Å²) in [6.45, 7) is 3.01. The smallest absolute Gasteiger partial charge is 0.316 e. The highest BCUT2D eigenvalue weighted by Gasteiger charge is 2.19. The van der Waals surface area contributed by atoms with Crippen molar-refractivity contribution in [3.63, 3.8) is 0 Å². The fourth-order valence-electron chi connectivity index (χ4n) is 1.93. The zero-order valence-corrected chi connectivity index (χ0v) is 15.8. The molecule has 150 valence electrons. The number of halogens is 2. The standard InChI is InChI=1S/C17H17F2N3O5S/c1-9-5-14(22-27-9)21-15(23)7-28-8-16(24)26-10(2)17(25)20-11-3-4-12(18)13(19)6-11/h3-6,10H,7-8H2,1-2H3,(H,20,25)(H,21,22,23)/t10-/m0/s1. The summed E-state index contributed by atoms with van der Waals surface area (Å²) in [7, 11) is 0. The SMILES string of the molecule is Cc1cc(NC(=O)CSCC(=O)O[C@@H](C)C(=O)Nc2ccc(F)c(F)c2)no1. The van der Waals surface area contributed by atoms with Crippen LogP contribution in [0.15, 0.2) is 28.8 Å². The van der Waals surface area contributed by atoms with Crippen LogP contribution in [0.4, 0.5) is 20.3 Å². The lowest BCUT2D eigenvalue weighted by Crippen LogP contribution is -2.30. The number of thioether (sulfide) groups is 1. The maximum atomic E-state index is 13.1. The molecule has 1 atom stereocenters. The van der Waals surface area contributed by atoms with Crippen LogP contribution < -0.4 is 10.6 Å². The molecular formula is C17H17F2N3O5S. The minimum absolute atomic E-state index is 0.0286. The lowest BCUT2D eigenvalue weighted by Gasteiger charge is -2.13. The molecule has 1 heterocycles. The molecule has 28 heavy (non-hydrogen) atoms. The Labute approximate surface area is 163 Å². The summed E-state index contributed by atoms with van der Waals surface area (Å²) in [5.41, 5.74) is 0.0286. The zero-order chi connectivity index (χ0) is 20.7. The minimum atomic E-state index is -1.16. The number of anilines is 2. The summed E-state index contributed by atoms with van der Waals surface area (Å²) < 4.78 is 35.7. The maximum absolute atomic E-state index is 13.1. The van der Waals surface area contributed by atoms with Gasteiger partial charge in [0.25, 0.3) is 5.91 Å². The molecule has 2 amide bonds. The number of esters is 1. The summed E-state index contributed by atoms with van der Waals surface area (Å²) in [4.78, 5) is 35.4. The predicted octanol–water partition coefficient (Wildman–Crippen LogP) is 2.50. The van der Waals surface area contributed by atoms with Crippen molar-refractivity contribution in [2.24, 2.45) is 0 Å². The Morgan fingerprint density at radius 1 is 1.18 bits per heavy atom. The molecule has 2 N–H and O–H groups in total. The quantitative estimate of drug-likeness (QED) is 0.640. The van der Waals surface area contributed by atoms with Crippen molar-refractivity contribution >= 4 is 41.1 Å². The van der Waals surface area contributed by atoms with Crippen molar-refractivity contribution in [1.82, 2.24) is 5.16 Å². The van der Waals surface area contributed by atoms with E-state index < -0.39 is 29.6 Å². The van der Waals surface area contributed by atoms with E-state index in [0.29, 0.717) is 5.76 Å². The number of hydrogen-bond acceptors (Lipinski definition) is 7. The second-order valence-corrected chi connectivity index (χ2v) is 6.60. The van der Waals surface area contributed by atoms with Gasteiger partial charge in [-0.05, 0) is 26.0 Å². The molecule has 2 aromatic rings. The highest BCUT2D eigenvalue weighted by molar-refractivity contribution is 8.00. The molecule has 0 fully saturated rings. The molecule has 0 saturated carbocycles. The minimum Gasteiger partial charge on any atom is -0.452 e. The summed E-state index contributed by atoms with van der Waals surface area (Å²) in [6, 6.07) is 4.40. The molecule has 0 saturated heterocycles. The summed E-state index contributed by atoms with van der Waals surface area (Å²) >= 11 is 0.989. The van der Waals surface area contributed by atoms with Gasteiger partial charge in [0.1, 0.15) is 5.76 Å². The van der Waals surface area contributed by atoms with Gasteiger partial charge in [-0.25, -0.2) is 8.78 Å². The largest absolute Gasteiger partial charge is 0.452 e. The van der Waals surface area contributed by atoms with Gasteiger partial charge in [-0.2, -0.15) is 0 Å². The van der Waals surface area contributed by atoms with Gasteiger partial charge in [0.05, 0.1) is 11.5 Å². The van der Waals surface area contributed by atoms with E-state index in [1.807, 2.05) is 0 Å². The Morgan fingerprint density at radius 2 is 1.93 bits per heavy atom. The number of carbonyl (C=O) groups excluding carboxylic acids is 3. The van der Waals surface area contributed by atoms with Gasteiger partial charge in [-0.3, -0.25) is 14.4 Å². The highest BCUT2D eigenvalue weighted by Crippen LogP contribution is 2.14. The van der Waals surface area contributed by atoms with Gasteiger partial charge in [0, 0.05) is 17.8 Å². The van der Waals surface area contributed by atoms with Crippen LogP contribution >= 0.6 is 11.8 Å². The Hall–Kier alpha value is -2.95. The average molecular weight is 413 g/mol. The first-order valence-electron chi connectivity index (χ1n) is 8.01. The predicted molar refractivity (Wildman–Crippen MR) is 97.7 cm³/mol. The molecule has 0 aliphatic rings. The Kier molecular flexibility index (Phi) is 7.50. The first-order chi connectivity index (χ1) is 13.2. The van der Waals surface area contributed by atoms with Gasteiger partial charge in [-0.15, -0.1) is 11.8 Å². The molecule has 11 heteroatoms. The number of amides is 2. The zero-order valence-electron chi connectivity index (χ0n) is 15.0. The third-order valence-corrected chi connectivity index (χ3v) is 4.12. The van der Waals surface area contributed by atoms with Crippen molar-refractivity contribution in [2.75, 3.05) is 22.1 Å². The Morgan fingerprint density at radius 3 is 2.57 bits per heavy atom. The van der Waals surface area contributed by atoms with Gasteiger partial charge in [0.2, 0.25) is 5.91 Å². The van der Waals surface area contributed by atoms with E-state index in [-0.39, 0.29) is 28.9 Å². The lowest BCUT2D eigenvalue weighted by molar-refractivity contribution is -0.150. The van der Waals surface area contributed by atoms with Gasteiger partial charge >= 0.3 is 5.97 Å². The average Bonchev–Trinajstić information content (AvgIpc) is 3.02. The number of aryl methyl sites for hydroxylation is 1. The maximum Gasteiger partial charge on any atom is 0.316 e. The van der Waals surface area contributed by atoms with E-state index in [2.05, 4.69) is 15.8 Å². The molecule has 2 rings (SSSR count). The van der Waals surface area contributed by atoms with Crippen LogP contribution in [0.5, 0.6) is 0 Å². The Balaban J connectivity index is 1.70. The summed E-state index contributed by atoms with van der Waals surface area (Å²) in [6.07, 6.45) is -1.16. The number of nitrogens with one attached hydrogen (secondary N) is 2. The van der Waals surface area contributed by atoms with Gasteiger partial charge in [-0.1, -0.05) is 5.16 Å². The van der Waals surface area contributed by atoms with E-state index >= 15 is 0 Å². The molecule has 1 aromatic heterocycles. The molecule has 0 aliphatic heterocycles. The van der Waals surface area contributed by atoms with Gasteiger partial charge in [0.15, 0.2) is 23.6 Å². The fourth-order valence-corrected chi connectivity index (χ4v) is 2.53.